The maximum Gasteiger partial charge on any atom is 0.0738 e. The van der Waals surface area contributed by atoms with Gasteiger partial charge in [-0.2, -0.15) is 0 Å². The molecule has 0 spiro atoms. The second kappa shape index (κ2) is 9.09. The lowest BCUT2D eigenvalue weighted by Crippen LogP contribution is -2.62. The highest BCUT2D eigenvalue weighted by Crippen LogP contribution is 2.39. The predicted molar refractivity (Wildman–Crippen MR) is 108 cm³/mol. The summed E-state index contributed by atoms with van der Waals surface area (Å²) in [6.45, 7) is 3.30. The molecular formula is C21H38ClN3O. The first-order valence-corrected chi connectivity index (χ1v) is 11.7. The Hall–Kier alpha value is 0.130. The van der Waals surface area contributed by atoms with E-state index in [0.717, 1.165) is 32.5 Å². The molecule has 2 heterocycles. The van der Waals surface area contributed by atoms with E-state index in [1.54, 1.807) is 0 Å². The summed E-state index contributed by atoms with van der Waals surface area (Å²) in [7, 11) is 0. The van der Waals surface area contributed by atoms with E-state index in [9.17, 15) is 5.11 Å². The fourth-order valence-corrected chi connectivity index (χ4v) is 6.61. The molecule has 4 aliphatic rings. The van der Waals surface area contributed by atoms with Crippen LogP contribution in [0.25, 0.3) is 0 Å². The van der Waals surface area contributed by atoms with Crippen LogP contribution in [0.2, 0.25) is 0 Å². The van der Waals surface area contributed by atoms with Gasteiger partial charge < -0.3 is 21.1 Å². The number of aliphatic hydroxyl groups is 1. The van der Waals surface area contributed by atoms with E-state index < -0.39 is 0 Å². The Labute approximate surface area is 164 Å². The zero-order chi connectivity index (χ0) is 17.9. The maximum absolute atomic E-state index is 11.3. The molecule has 2 aliphatic carbocycles. The molecule has 0 radical (unpaired) electrons. The number of rotatable bonds is 4. The Morgan fingerprint density at radius 3 is 2.58 bits per heavy atom. The molecule has 0 amide bonds. The third-order valence-corrected chi connectivity index (χ3v) is 8.23. The molecule has 5 heteroatoms. The van der Waals surface area contributed by atoms with E-state index in [1.165, 1.54) is 51.4 Å². The topological polar surface area (TPSA) is 56.3 Å². The van der Waals surface area contributed by atoms with Crippen LogP contribution in [0.3, 0.4) is 0 Å². The largest absolute Gasteiger partial charge is 0.391 e. The maximum atomic E-state index is 11.3. The van der Waals surface area contributed by atoms with Crippen LogP contribution in [-0.4, -0.2) is 54.3 Å². The quantitative estimate of drug-likeness (QED) is 0.564. The molecule has 0 aromatic rings. The van der Waals surface area contributed by atoms with Gasteiger partial charge in [-0.15, -0.1) is 11.6 Å². The zero-order valence-electron chi connectivity index (χ0n) is 16.1. The van der Waals surface area contributed by atoms with Crippen molar-refractivity contribution in [2.24, 2.45) is 17.8 Å². The fraction of sp³-hybridized carbons (Fsp3) is 1.00. The fourth-order valence-electron chi connectivity index (χ4n) is 6.25. The Morgan fingerprint density at radius 1 is 0.923 bits per heavy atom. The molecule has 26 heavy (non-hydrogen) atoms. The number of alkyl halides is 1. The van der Waals surface area contributed by atoms with Crippen molar-refractivity contribution in [1.29, 1.82) is 0 Å². The van der Waals surface area contributed by atoms with Gasteiger partial charge in [-0.05, 0) is 82.8 Å². The number of hydrogen-bond acceptors (Lipinski definition) is 4. The lowest BCUT2D eigenvalue weighted by atomic mass is 9.67. The minimum Gasteiger partial charge on any atom is -0.391 e. The molecule has 8 atom stereocenters. The molecule has 8 unspecified atom stereocenters. The van der Waals surface area contributed by atoms with E-state index in [4.69, 9.17) is 11.6 Å². The molecule has 150 valence electrons. The van der Waals surface area contributed by atoms with Crippen LogP contribution in [-0.2, 0) is 0 Å². The van der Waals surface area contributed by atoms with Gasteiger partial charge in [0.2, 0.25) is 0 Å². The number of fused-ring (bicyclic) bond motifs is 1. The van der Waals surface area contributed by atoms with E-state index >= 15 is 0 Å². The summed E-state index contributed by atoms with van der Waals surface area (Å²) in [5.74, 6) is 1.66. The highest BCUT2D eigenvalue weighted by Gasteiger charge is 2.45. The van der Waals surface area contributed by atoms with Gasteiger partial charge in [0, 0.05) is 29.4 Å². The number of nitrogens with one attached hydrogen (secondary N) is 3. The van der Waals surface area contributed by atoms with Gasteiger partial charge in [0.1, 0.15) is 0 Å². The molecule has 4 fully saturated rings. The van der Waals surface area contributed by atoms with Crippen molar-refractivity contribution >= 4 is 11.6 Å². The number of halogens is 1. The van der Waals surface area contributed by atoms with Crippen molar-refractivity contribution in [3.05, 3.63) is 0 Å². The highest BCUT2D eigenvalue weighted by atomic mass is 35.5. The van der Waals surface area contributed by atoms with Gasteiger partial charge in [-0.25, -0.2) is 0 Å². The SMILES string of the molecule is OC1C(C(NC2CCCCC2Cl)C2CCCNC2)CCC2CCCNC21. The lowest BCUT2D eigenvalue weighted by Gasteiger charge is -2.49. The van der Waals surface area contributed by atoms with Crippen molar-refractivity contribution in [2.75, 3.05) is 19.6 Å². The zero-order valence-corrected chi connectivity index (χ0v) is 16.9. The average Bonchev–Trinajstić information content (AvgIpc) is 2.69. The Morgan fingerprint density at radius 2 is 1.77 bits per heavy atom. The molecule has 0 aromatic heterocycles. The number of aliphatic hydroxyl groups excluding tert-OH is 1. The van der Waals surface area contributed by atoms with Gasteiger partial charge in [0.05, 0.1) is 6.10 Å². The second-order valence-electron chi connectivity index (χ2n) is 9.32. The summed E-state index contributed by atoms with van der Waals surface area (Å²) >= 11 is 6.70. The smallest absolute Gasteiger partial charge is 0.0738 e. The lowest BCUT2D eigenvalue weighted by molar-refractivity contribution is -0.0303. The predicted octanol–water partition coefficient (Wildman–Crippen LogP) is 2.63. The van der Waals surface area contributed by atoms with Crippen LogP contribution < -0.4 is 16.0 Å². The van der Waals surface area contributed by atoms with Crippen molar-refractivity contribution in [3.63, 3.8) is 0 Å². The number of piperidine rings is 2. The summed E-state index contributed by atoms with van der Waals surface area (Å²) in [6.07, 6.45) is 12.2. The van der Waals surface area contributed by atoms with Crippen molar-refractivity contribution in [1.82, 2.24) is 16.0 Å². The third-order valence-electron chi connectivity index (χ3n) is 7.71. The summed E-state index contributed by atoms with van der Waals surface area (Å²) < 4.78 is 0. The van der Waals surface area contributed by atoms with E-state index in [2.05, 4.69) is 16.0 Å². The normalized spacial score (nSPS) is 45.7. The molecule has 2 aliphatic heterocycles. The van der Waals surface area contributed by atoms with Gasteiger partial charge in [0.15, 0.2) is 0 Å². The average molecular weight is 384 g/mol. The minimum absolute atomic E-state index is 0.217. The highest BCUT2D eigenvalue weighted by molar-refractivity contribution is 6.21. The third kappa shape index (κ3) is 4.25. The molecular weight excluding hydrogens is 346 g/mol. The first kappa shape index (κ1) is 19.4. The van der Waals surface area contributed by atoms with Crippen molar-refractivity contribution in [3.8, 4) is 0 Å². The molecule has 4 N–H and O–H groups in total. The van der Waals surface area contributed by atoms with Crippen LogP contribution >= 0.6 is 11.6 Å². The second-order valence-corrected chi connectivity index (χ2v) is 9.88. The van der Waals surface area contributed by atoms with E-state index in [0.29, 0.717) is 35.9 Å². The van der Waals surface area contributed by atoms with Gasteiger partial charge in [-0.3, -0.25) is 0 Å². The molecule has 2 saturated heterocycles. The Kier molecular flexibility index (Phi) is 6.80. The monoisotopic (exact) mass is 383 g/mol. The van der Waals surface area contributed by atoms with Crippen molar-refractivity contribution < 1.29 is 5.11 Å². The molecule has 2 saturated carbocycles. The van der Waals surface area contributed by atoms with Gasteiger partial charge in [-0.1, -0.05) is 12.8 Å². The van der Waals surface area contributed by atoms with Crippen LogP contribution in [0.5, 0.6) is 0 Å². The molecule has 0 bridgehead atoms. The van der Waals surface area contributed by atoms with Crippen LogP contribution in [0.15, 0.2) is 0 Å². The molecule has 4 rings (SSSR count). The summed E-state index contributed by atoms with van der Waals surface area (Å²) in [5.41, 5.74) is 0. The van der Waals surface area contributed by atoms with Gasteiger partial charge in [0.25, 0.3) is 0 Å². The molecule has 4 nitrogen and oxygen atoms in total. The summed E-state index contributed by atoms with van der Waals surface area (Å²) in [5, 5.41) is 22.8. The summed E-state index contributed by atoms with van der Waals surface area (Å²) in [4.78, 5) is 0. The van der Waals surface area contributed by atoms with Crippen LogP contribution in [0, 0.1) is 17.8 Å². The van der Waals surface area contributed by atoms with Crippen LogP contribution in [0.1, 0.15) is 64.2 Å². The first-order valence-electron chi connectivity index (χ1n) is 11.3. The Bertz CT molecular complexity index is 445. The van der Waals surface area contributed by atoms with E-state index in [1.807, 2.05) is 0 Å². The first-order chi connectivity index (χ1) is 12.7. The minimum atomic E-state index is -0.217. The van der Waals surface area contributed by atoms with Gasteiger partial charge >= 0.3 is 0 Å². The van der Waals surface area contributed by atoms with Crippen molar-refractivity contribution in [2.45, 2.75) is 93.8 Å². The number of hydrogen-bond donors (Lipinski definition) is 4. The Balaban J connectivity index is 1.49. The molecule has 0 aromatic carbocycles. The standard InChI is InChI=1S/C21H38ClN3O/c22-17-7-1-2-8-18(17)25-19(15-6-3-11-23-13-15)16-10-9-14-5-4-12-24-20(14)21(16)26/h14-21,23-26H,1-13H2. The van der Waals surface area contributed by atoms with Crippen LogP contribution in [0.4, 0.5) is 0 Å². The van der Waals surface area contributed by atoms with E-state index in [-0.39, 0.29) is 11.5 Å². The summed E-state index contributed by atoms with van der Waals surface area (Å²) in [6, 6.07) is 1.12.